The van der Waals surface area contributed by atoms with Crippen LogP contribution in [0, 0.1) is 13.8 Å². The van der Waals surface area contributed by atoms with Crippen LogP contribution in [-0.4, -0.2) is 11.4 Å². The van der Waals surface area contributed by atoms with E-state index in [-0.39, 0.29) is 0 Å². The van der Waals surface area contributed by atoms with Gasteiger partial charge in [0.2, 0.25) is 0 Å². The fourth-order valence-electron chi connectivity index (χ4n) is 2.81. The van der Waals surface area contributed by atoms with Crippen molar-refractivity contribution < 1.29 is 0 Å². The zero-order valence-electron chi connectivity index (χ0n) is 14.6. The van der Waals surface area contributed by atoms with Gasteiger partial charge in [-0.2, -0.15) is 0 Å². The minimum Gasteiger partial charge on any atom is -0.295 e. The molecular formula is C22H27N. The molecule has 0 saturated carbocycles. The molecule has 0 saturated heterocycles. The van der Waals surface area contributed by atoms with E-state index in [0.29, 0.717) is 0 Å². The maximum Gasteiger partial charge on any atom is 0.0239 e. The van der Waals surface area contributed by atoms with Gasteiger partial charge in [-0.3, -0.25) is 4.90 Å². The average molecular weight is 305 g/mol. The summed E-state index contributed by atoms with van der Waals surface area (Å²) < 4.78 is 0. The molecule has 23 heavy (non-hydrogen) atoms. The van der Waals surface area contributed by atoms with Gasteiger partial charge in [-0.1, -0.05) is 68.6 Å². The number of hydrogen-bond acceptors (Lipinski definition) is 1. The van der Waals surface area contributed by atoms with Gasteiger partial charge in [0.15, 0.2) is 0 Å². The molecule has 0 fully saturated rings. The van der Waals surface area contributed by atoms with Gasteiger partial charge in [-0.15, -0.1) is 0 Å². The van der Waals surface area contributed by atoms with E-state index in [1.165, 1.54) is 33.4 Å². The highest BCUT2D eigenvalue weighted by Crippen LogP contribution is 2.18. The Balaban J connectivity index is 2.14. The van der Waals surface area contributed by atoms with Crippen molar-refractivity contribution in [2.75, 3.05) is 6.54 Å². The molecule has 0 aromatic heterocycles. The van der Waals surface area contributed by atoms with E-state index in [1.54, 1.807) is 0 Å². The van der Waals surface area contributed by atoms with Crippen LogP contribution in [-0.2, 0) is 13.1 Å². The molecule has 0 spiro atoms. The third-order valence-corrected chi connectivity index (χ3v) is 4.44. The Labute approximate surface area is 141 Å². The fraction of sp³-hybridized carbons (Fsp3) is 0.273. The van der Waals surface area contributed by atoms with Crippen molar-refractivity contribution in [3.05, 3.63) is 82.9 Å². The molecule has 0 unspecified atom stereocenters. The average Bonchev–Trinajstić information content (AvgIpc) is 2.57. The minimum absolute atomic E-state index is 0.975. The van der Waals surface area contributed by atoms with E-state index < -0.39 is 0 Å². The summed E-state index contributed by atoms with van der Waals surface area (Å²) in [6.07, 6.45) is 3.80. The van der Waals surface area contributed by atoms with Crippen LogP contribution < -0.4 is 0 Å². The number of aryl methyl sites for hydroxylation is 2. The van der Waals surface area contributed by atoms with Crippen molar-refractivity contribution in [2.24, 2.45) is 0 Å². The van der Waals surface area contributed by atoms with Crippen LogP contribution in [0.25, 0.3) is 12.2 Å². The van der Waals surface area contributed by atoms with Crippen molar-refractivity contribution in [1.29, 1.82) is 0 Å². The lowest BCUT2D eigenvalue weighted by Gasteiger charge is -2.23. The van der Waals surface area contributed by atoms with Gasteiger partial charge in [0.25, 0.3) is 0 Å². The highest BCUT2D eigenvalue weighted by molar-refractivity contribution is 5.50. The molecule has 0 aliphatic rings. The summed E-state index contributed by atoms with van der Waals surface area (Å²) in [7, 11) is 0. The fourth-order valence-corrected chi connectivity index (χ4v) is 2.81. The molecule has 0 bridgehead atoms. The molecule has 0 aliphatic heterocycles. The van der Waals surface area contributed by atoms with Crippen molar-refractivity contribution >= 4 is 12.2 Å². The van der Waals surface area contributed by atoms with E-state index in [9.17, 15) is 0 Å². The summed E-state index contributed by atoms with van der Waals surface area (Å²) >= 11 is 0. The van der Waals surface area contributed by atoms with E-state index in [1.807, 2.05) is 12.2 Å². The van der Waals surface area contributed by atoms with Gasteiger partial charge < -0.3 is 0 Å². The van der Waals surface area contributed by atoms with Crippen LogP contribution in [0.15, 0.2) is 49.6 Å². The maximum atomic E-state index is 3.84. The van der Waals surface area contributed by atoms with Crippen LogP contribution >= 0.6 is 0 Å². The summed E-state index contributed by atoms with van der Waals surface area (Å²) in [4.78, 5) is 2.48. The molecule has 0 atom stereocenters. The number of nitrogens with zero attached hydrogens (tertiary/aromatic N) is 1. The van der Waals surface area contributed by atoms with Crippen molar-refractivity contribution in [2.45, 2.75) is 33.9 Å². The first kappa shape index (κ1) is 17.2. The summed E-state index contributed by atoms with van der Waals surface area (Å²) in [5.74, 6) is 0. The predicted octanol–water partition coefficient (Wildman–Crippen LogP) is 5.61. The molecule has 2 aromatic carbocycles. The van der Waals surface area contributed by atoms with E-state index in [2.05, 4.69) is 75.2 Å². The molecule has 0 radical (unpaired) electrons. The molecule has 0 heterocycles. The van der Waals surface area contributed by atoms with Gasteiger partial charge in [0, 0.05) is 13.1 Å². The number of hydrogen-bond donors (Lipinski definition) is 0. The van der Waals surface area contributed by atoms with E-state index in [4.69, 9.17) is 0 Å². The number of benzene rings is 2. The maximum absolute atomic E-state index is 3.84. The summed E-state index contributed by atoms with van der Waals surface area (Å²) in [6, 6.07) is 13.2. The predicted molar refractivity (Wildman–Crippen MR) is 102 cm³/mol. The molecular weight excluding hydrogens is 278 g/mol. The smallest absolute Gasteiger partial charge is 0.0239 e. The second kappa shape index (κ2) is 7.94. The largest absolute Gasteiger partial charge is 0.295 e. The Bertz CT molecular complexity index is 638. The molecule has 1 heteroatoms. The third kappa shape index (κ3) is 4.43. The summed E-state index contributed by atoms with van der Waals surface area (Å²) in [6.45, 7) is 17.2. The van der Waals surface area contributed by atoms with Crippen LogP contribution in [0.4, 0.5) is 0 Å². The first-order valence-corrected chi connectivity index (χ1v) is 8.23. The van der Waals surface area contributed by atoms with Crippen molar-refractivity contribution in [3.8, 4) is 0 Å². The van der Waals surface area contributed by atoms with Gasteiger partial charge in [0.05, 0.1) is 0 Å². The van der Waals surface area contributed by atoms with E-state index >= 15 is 0 Å². The Hall–Kier alpha value is -2.12. The second-order valence-corrected chi connectivity index (χ2v) is 6.08. The van der Waals surface area contributed by atoms with Gasteiger partial charge in [-0.05, 0) is 53.8 Å². The lowest BCUT2D eigenvalue weighted by Crippen LogP contribution is -2.23. The Morgan fingerprint density at radius 1 is 0.826 bits per heavy atom. The zero-order chi connectivity index (χ0) is 16.8. The molecule has 0 amide bonds. The molecule has 0 N–H and O–H groups in total. The SMILES string of the molecule is C=Cc1ccc(CN(CC)Cc2ccc(C=C)cc2C)c(C)c1. The molecule has 1 nitrogen and oxygen atoms in total. The monoisotopic (exact) mass is 305 g/mol. The van der Waals surface area contributed by atoms with Gasteiger partial charge >= 0.3 is 0 Å². The lowest BCUT2D eigenvalue weighted by molar-refractivity contribution is 0.270. The van der Waals surface area contributed by atoms with Gasteiger partial charge in [-0.25, -0.2) is 0 Å². The quantitative estimate of drug-likeness (QED) is 0.642. The van der Waals surface area contributed by atoms with Crippen LogP contribution in [0.1, 0.15) is 40.3 Å². The highest BCUT2D eigenvalue weighted by atomic mass is 15.1. The standard InChI is InChI=1S/C22H27N/c1-6-19-9-11-21(17(4)13-19)15-23(8-3)16-22-12-10-20(7-2)14-18(22)5/h6-7,9-14H,1-2,8,15-16H2,3-5H3. The van der Waals surface area contributed by atoms with Crippen molar-refractivity contribution in [1.82, 2.24) is 4.90 Å². The Morgan fingerprint density at radius 3 is 1.57 bits per heavy atom. The van der Waals surface area contributed by atoms with Crippen molar-refractivity contribution in [3.63, 3.8) is 0 Å². The molecule has 2 aromatic rings. The lowest BCUT2D eigenvalue weighted by atomic mass is 10.0. The minimum atomic E-state index is 0.975. The Morgan fingerprint density at radius 2 is 1.26 bits per heavy atom. The zero-order valence-corrected chi connectivity index (χ0v) is 14.6. The molecule has 0 aliphatic carbocycles. The van der Waals surface area contributed by atoms with Crippen LogP contribution in [0.2, 0.25) is 0 Å². The highest BCUT2D eigenvalue weighted by Gasteiger charge is 2.09. The van der Waals surface area contributed by atoms with Crippen LogP contribution in [0.5, 0.6) is 0 Å². The normalized spacial score (nSPS) is 10.8. The topological polar surface area (TPSA) is 3.24 Å². The Kier molecular flexibility index (Phi) is 5.95. The van der Waals surface area contributed by atoms with E-state index in [0.717, 1.165) is 19.6 Å². The second-order valence-electron chi connectivity index (χ2n) is 6.08. The molecule has 120 valence electrons. The summed E-state index contributed by atoms with van der Waals surface area (Å²) in [5.41, 5.74) is 7.81. The first-order valence-electron chi connectivity index (χ1n) is 8.23. The van der Waals surface area contributed by atoms with Crippen LogP contribution in [0.3, 0.4) is 0 Å². The summed E-state index contributed by atoms with van der Waals surface area (Å²) in [5, 5.41) is 0. The molecule has 2 rings (SSSR count). The number of rotatable bonds is 7. The first-order chi connectivity index (χ1) is 11.1. The van der Waals surface area contributed by atoms with Gasteiger partial charge in [0.1, 0.15) is 0 Å². The third-order valence-electron chi connectivity index (χ3n) is 4.44.